The molecule has 3 nitrogen and oxygen atoms in total. The van der Waals surface area contributed by atoms with Crippen LogP contribution in [0, 0.1) is 6.92 Å². The van der Waals surface area contributed by atoms with Gasteiger partial charge in [0.25, 0.3) is 0 Å². The molecule has 0 aliphatic carbocycles. The fourth-order valence-electron chi connectivity index (χ4n) is 1.44. The van der Waals surface area contributed by atoms with E-state index in [9.17, 15) is 0 Å². The Labute approximate surface area is 91.0 Å². The molecule has 0 aliphatic rings. The Hall–Kier alpha value is -1.38. The van der Waals surface area contributed by atoms with Crippen LogP contribution in [0.1, 0.15) is 38.6 Å². The van der Waals surface area contributed by atoms with Gasteiger partial charge in [-0.1, -0.05) is 20.8 Å². The zero-order valence-corrected chi connectivity index (χ0v) is 9.96. The Balaban J connectivity index is 0.000000531. The van der Waals surface area contributed by atoms with Crippen molar-refractivity contribution in [2.45, 2.75) is 40.5 Å². The summed E-state index contributed by atoms with van der Waals surface area (Å²) in [7, 11) is 0. The minimum Gasteiger partial charge on any atom is -0.340 e. The number of fused-ring (bicyclic) bond motifs is 1. The summed E-state index contributed by atoms with van der Waals surface area (Å²) in [6, 6.07) is 2.00. The number of hydrogen-bond donors (Lipinski definition) is 1. The van der Waals surface area contributed by atoms with Gasteiger partial charge < -0.3 is 4.98 Å². The second kappa shape index (κ2) is 5.49. The third-order valence-electron chi connectivity index (χ3n) is 2.14. The molecule has 82 valence electrons. The fourth-order valence-corrected chi connectivity index (χ4v) is 1.44. The molecule has 0 amide bonds. The molecule has 0 saturated carbocycles. The number of aromatic nitrogens is 3. The summed E-state index contributed by atoms with van der Waals surface area (Å²) in [6.07, 6.45) is 3.91. The first-order valence-electron chi connectivity index (χ1n) is 5.61. The van der Waals surface area contributed by atoms with Gasteiger partial charge in [-0.15, -0.1) is 0 Å². The van der Waals surface area contributed by atoms with Gasteiger partial charge in [0, 0.05) is 12.6 Å². The number of imidazole rings is 1. The van der Waals surface area contributed by atoms with Crippen LogP contribution in [0.3, 0.4) is 0 Å². The summed E-state index contributed by atoms with van der Waals surface area (Å²) in [5.74, 6) is 1.04. The molecule has 0 atom stereocenters. The lowest BCUT2D eigenvalue weighted by molar-refractivity contribution is 0.860. The van der Waals surface area contributed by atoms with Crippen LogP contribution >= 0.6 is 0 Å². The number of pyridine rings is 1. The summed E-state index contributed by atoms with van der Waals surface area (Å²) in [4.78, 5) is 11.9. The van der Waals surface area contributed by atoms with Crippen molar-refractivity contribution in [3.63, 3.8) is 0 Å². The number of nitrogens with one attached hydrogen (secondary N) is 1. The minimum absolute atomic E-state index is 0.837. The second-order valence-electron chi connectivity index (χ2n) is 3.26. The summed E-state index contributed by atoms with van der Waals surface area (Å²) >= 11 is 0. The van der Waals surface area contributed by atoms with Crippen molar-refractivity contribution in [1.82, 2.24) is 15.0 Å². The molecule has 0 saturated heterocycles. The van der Waals surface area contributed by atoms with Gasteiger partial charge in [-0.25, -0.2) is 9.97 Å². The number of rotatable bonds is 2. The van der Waals surface area contributed by atoms with Gasteiger partial charge in [0.1, 0.15) is 5.82 Å². The van der Waals surface area contributed by atoms with Crippen molar-refractivity contribution in [1.29, 1.82) is 0 Å². The van der Waals surface area contributed by atoms with Gasteiger partial charge in [0.05, 0.1) is 5.52 Å². The van der Waals surface area contributed by atoms with E-state index in [4.69, 9.17) is 0 Å². The van der Waals surface area contributed by atoms with E-state index in [-0.39, 0.29) is 0 Å². The highest BCUT2D eigenvalue weighted by atomic mass is 15.0. The van der Waals surface area contributed by atoms with Crippen LogP contribution in [0.25, 0.3) is 11.2 Å². The van der Waals surface area contributed by atoms with Crippen LogP contribution in [0.2, 0.25) is 0 Å². The maximum atomic E-state index is 4.40. The lowest BCUT2D eigenvalue weighted by Crippen LogP contribution is -1.84. The molecule has 1 N–H and O–H groups in total. The van der Waals surface area contributed by atoms with Gasteiger partial charge in [-0.2, -0.15) is 0 Å². The van der Waals surface area contributed by atoms with E-state index in [1.807, 2.05) is 19.9 Å². The molecule has 2 rings (SSSR count). The molecule has 2 aromatic heterocycles. The van der Waals surface area contributed by atoms with E-state index >= 15 is 0 Å². The fraction of sp³-hybridized carbons (Fsp3) is 0.500. The molecule has 0 aliphatic heterocycles. The third kappa shape index (κ3) is 2.55. The summed E-state index contributed by atoms with van der Waals surface area (Å²) in [5.41, 5.74) is 3.12. The van der Waals surface area contributed by atoms with Crippen molar-refractivity contribution in [2.75, 3.05) is 0 Å². The highest BCUT2D eigenvalue weighted by Gasteiger charge is 2.03. The average Bonchev–Trinajstić information content (AvgIpc) is 2.66. The van der Waals surface area contributed by atoms with Crippen molar-refractivity contribution < 1.29 is 0 Å². The largest absolute Gasteiger partial charge is 0.340 e. The molecule has 3 heteroatoms. The number of aryl methyl sites for hydroxylation is 2. The number of H-pyrrole nitrogens is 1. The van der Waals surface area contributed by atoms with E-state index in [1.165, 1.54) is 5.56 Å². The molecule has 15 heavy (non-hydrogen) atoms. The Morgan fingerprint density at radius 1 is 1.33 bits per heavy atom. The Morgan fingerprint density at radius 2 is 2.07 bits per heavy atom. The van der Waals surface area contributed by atoms with E-state index in [0.29, 0.717) is 0 Å². The third-order valence-corrected chi connectivity index (χ3v) is 2.14. The molecular weight excluding hydrogens is 186 g/mol. The topological polar surface area (TPSA) is 41.6 Å². The van der Waals surface area contributed by atoms with Crippen LogP contribution in [0.5, 0.6) is 0 Å². The molecule has 0 radical (unpaired) electrons. The minimum atomic E-state index is 0.837. The maximum Gasteiger partial charge on any atom is 0.177 e. The van der Waals surface area contributed by atoms with Crippen LogP contribution in [-0.4, -0.2) is 15.0 Å². The number of aromatic amines is 1. The first-order chi connectivity index (χ1) is 7.31. The smallest absolute Gasteiger partial charge is 0.177 e. The lowest BCUT2D eigenvalue weighted by atomic mass is 10.3. The van der Waals surface area contributed by atoms with E-state index in [1.54, 1.807) is 6.20 Å². The standard InChI is InChI=1S/C10H13N3.C2H6/c1-3-4-8-12-9-7(2)5-6-11-10(9)13-8;1-2/h5-6H,3-4H2,1-2H3,(H,11,12,13);1-2H3. The van der Waals surface area contributed by atoms with Gasteiger partial charge in [0.2, 0.25) is 0 Å². The van der Waals surface area contributed by atoms with Crippen LogP contribution in [-0.2, 0) is 6.42 Å². The molecular formula is C12H19N3. The zero-order chi connectivity index (χ0) is 11.3. The monoisotopic (exact) mass is 205 g/mol. The zero-order valence-electron chi connectivity index (χ0n) is 9.96. The molecule has 0 fully saturated rings. The van der Waals surface area contributed by atoms with Crippen molar-refractivity contribution in [3.05, 3.63) is 23.7 Å². The van der Waals surface area contributed by atoms with Crippen molar-refractivity contribution >= 4 is 11.2 Å². The lowest BCUT2D eigenvalue weighted by Gasteiger charge is -1.90. The molecule has 2 aromatic rings. The predicted molar refractivity (Wildman–Crippen MR) is 64.0 cm³/mol. The van der Waals surface area contributed by atoms with Gasteiger partial charge in [-0.05, 0) is 25.0 Å². The quantitative estimate of drug-likeness (QED) is 0.817. The Kier molecular flexibility index (Phi) is 4.28. The van der Waals surface area contributed by atoms with Crippen LogP contribution < -0.4 is 0 Å². The van der Waals surface area contributed by atoms with E-state index in [0.717, 1.165) is 29.8 Å². The highest BCUT2D eigenvalue weighted by molar-refractivity contribution is 5.74. The molecule has 0 aromatic carbocycles. The van der Waals surface area contributed by atoms with Crippen molar-refractivity contribution in [3.8, 4) is 0 Å². The van der Waals surface area contributed by atoms with Gasteiger partial charge >= 0.3 is 0 Å². The van der Waals surface area contributed by atoms with E-state index < -0.39 is 0 Å². The van der Waals surface area contributed by atoms with Gasteiger partial charge in [-0.3, -0.25) is 0 Å². The first-order valence-corrected chi connectivity index (χ1v) is 5.61. The predicted octanol–water partition coefficient (Wildman–Crippen LogP) is 3.25. The van der Waals surface area contributed by atoms with E-state index in [2.05, 4.69) is 28.8 Å². The Bertz CT molecular complexity index is 418. The normalized spacial score (nSPS) is 9.87. The van der Waals surface area contributed by atoms with Crippen molar-refractivity contribution in [2.24, 2.45) is 0 Å². The molecule has 0 bridgehead atoms. The number of nitrogens with zero attached hydrogens (tertiary/aromatic N) is 2. The Morgan fingerprint density at radius 3 is 2.67 bits per heavy atom. The highest BCUT2D eigenvalue weighted by Crippen LogP contribution is 2.13. The summed E-state index contributed by atoms with van der Waals surface area (Å²) < 4.78 is 0. The average molecular weight is 205 g/mol. The number of hydrogen-bond acceptors (Lipinski definition) is 2. The summed E-state index contributed by atoms with van der Waals surface area (Å²) in [6.45, 7) is 8.21. The molecule has 0 spiro atoms. The SMILES string of the molecule is CC.CCCc1nc2nccc(C)c2[nH]1. The first kappa shape index (κ1) is 11.7. The molecule has 0 unspecified atom stereocenters. The van der Waals surface area contributed by atoms with Crippen LogP contribution in [0.4, 0.5) is 0 Å². The molecule has 2 heterocycles. The van der Waals surface area contributed by atoms with Crippen LogP contribution in [0.15, 0.2) is 12.3 Å². The van der Waals surface area contributed by atoms with Gasteiger partial charge in [0.15, 0.2) is 5.65 Å². The second-order valence-corrected chi connectivity index (χ2v) is 3.26. The summed E-state index contributed by atoms with van der Waals surface area (Å²) in [5, 5.41) is 0. The maximum absolute atomic E-state index is 4.40.